The zero-order valence-corrected chi connectivity index (χ0v) is 16.9. The van der Waals surface area contributed by atoms with Crippen LogP contribution in [-0.2, 0) is 9.53 Å². The topological polar surface area (TPSA) is 49.8 Å². The molecular weight excluding hydrogens is 385 g/mol. The summed E-state index contributed by atoms with van der Waals surface area (Å²) < 4.78 is 6.23. The molecular formula is C21H23Cl2NO3. The minimum Gasteiger partial charge on any atom is -0.396 e. The van der Waals surface area contributed by atoms with Crippen molar-refractivity contribution < 1.29 is 14.6 Å². The number of amides is 1. The lowest BCUT2D eigenvalue weighted by Crippen LogP contribution is -2.41. The third-order valence-electron chi connectivity index (χ3n) is 4.53. The van der Waals surface area contributed by atoms with Gasteiger partial charge in [0.2, 0.25) is 0 Å². The van der Waals surface area contributed by atoms with Gasteiger partial charge in [-0.15, -0.1) is 0 Å². The van der Waals surface area contributed by atoms with Crippen LogP contribution in [0.3, 0.4) is 0 Å². The summed E-state index contributed by atoms with van der Waals surface area (Å²) in [5, 5.41) is 10.6. The molecule has 27 heavy (non-hydrogen) atoms. The first-order chi connectivity index (χ1) is 12.9. The van der Waals surface area contributed by atoms with Crippen molar-refractivity contribution >= 4 is 34.8 Å². The molecule has 144 valence electrons. The normalized spacial score (nSPS) is 19.9. The summed E-state index contributed by atoms with van der Waals surface area (Å²) in [5.41, 5.74) is 2.33. The van der Waals surface area contributed by atoms with Gasteiger partial charge >= 0.3 is 0 Å². The van der Waals surface area contributed by atoms with Crippen molar-refractivity contribution in [1.29, 1.82) is 0 Å². The number of aliphatic hydroxyl groups is 1. The molecule has 0 saturated carbocycles. The van der Waals surface area contributed by atoms with Crippen LogP contribution in [-0.4, -0.2) is 30.3 Å². The van der Waals surface area contributed by atoms with Gasteiger partial charge in [-0.1, -0.05) is 55.2 Å². The average molecular weight is 408 g/mol. The smallest absolute Gasteiger partial charge is 0.256 e. The van der Waals surface area contributed by atoms with Gasteiger partial charge in [0.25, 0.3) is 5.91 Å². The van der Waals surface area contributed by atoms with Crippen LogP contribution < -0.4 is 4.90 Å². The van der Waals surface area contributed by atoms with Crippen LogP contribution in [0.2, 0.25) is 10.0 Å². The fraction of sp³-hybridized carbons (Fsp3) is 0.381. The number of fused-ring (bicyclic) bond motifs is 1. The maximum absolute atomic E-state index is 13.2. The Bertz CT molecular complexity index is 825. The molecule has 0 fully saturated rings. The van der Waals surface area contributed by atoms with E-state index in [0.29, 0.717) is 16.6 Å². The van der Waals surface area contributed by atoms with Gasteiger partial charge in [0.05, 0.1) is 0 Å². The second-order valence-electron chi connectivity index (χ2n) is 7.08. The molecule has 0 aromatic heterocycles. The van der Waals surface area contributed by atoms with Crippen molar-refractivity contribution in [2.75, 3.05) is 18.1 Å². The lowest BCUT2D eigenvalue weighted by atomic mass is 9.99. The lowest BCUT2D eigenvalue weighted by Gasteiger charge is -2.26. The summed E-state index contributed by atoms with van der Waals surface area (Å²) in [7, 11) is 0. The Morgan fingerprint density at radius 3 is 2.56 bits per heavy atom. The average Bonchev–Trinajstić information content (AvgIpc) is 2.73. The Morgan fingerprint density at radius 1 is 1.15 bits per heavy atom. The maximum atomic E-state index is 13.2. The molecule has 0 unspecified atom stereocenters. The van der Waals surface area contributed by atoms with Crippen molar-refractivity contribution in [1.82, 2.24) is 0 Å². The Balaban J connectivity index is 2.19. The lowest BCUT2D eigenvalue weighted by molar-refractivity contribution is -0.133. The minimum absolute atomic E-state index is 0.141. The van der Waals surface area contributed by atoms with Crippen LogP contribution in [0, 0.1) is 5.92 Å². The molecule has 0 saturated heterocycles. The summed E-state index contributed by atoms with van der Waals surface area (Å²) >= 11 is 12.7. The first-order valence-corrected chi connectivity index (χ1v) is 9.79. The Kier molecular flexibility index (Phi) is 6.43. The monoisotopic (exact) mass is 407 g/mol. The van der Waals surface area contributed by atoms with E-state index in [9.17, 15) is 9.90 Å². The number of hydrogen-bond acceptors (Lipinski definition) is 3. The number of anilines is 1. The molecule has 3 rings (SSSR count). The third kappa shape index (κ3) is 4.30. The molecule has 1 heterocycles. The van der Waals surface area contributed by atoms with Crippen molar-refractivity contribution in [2.24, 2.45) is 5.92 Å². The van der Waals surface area contributed by atoms with E-state index >= 15 is 0 Å². The predicted octanol–water partition coefficient (Wildman–Crippen LogP) is 4.85. The number of hydrogen-bond donors (Lipinski definition) is 1. The van der Waals surface area contributed by atoms with E-state index in [2.05, 4.69) is 13.8 Å². The molecule has 0 spiro atoms. The predicted molar refractivity (Wildman–Crippen MR) is 109 cm³/mol. The van der Waals surface area contributed by atoms with Gasteiger partial charge in [-0.3, -0.25) is 4.79 Å². The second kappa shape index (κ2) is 8.61. The largest absolute Gasteiger partial charge is 0.396 e. The van der Waals surface area contributed by atoms with Gasteiger partial charge in [0.15, 0.2) is 0 Å². The highest BCUT2D eigenvalue weighted by Crippen LogP contribution is 2.41. The first kappa shape index (κ1) is 20.2. The molecule has 2 aromatic rings. The van der Waals surface area contributed by atoms with E-state index in [1.165, 1.54) is 0 Å². The fourth-order valence-electron chi connectivity index (χ4n) is 3.36. The summed E-state index contributed by atoms with van der Waals surface area (Å²) in [6.45, 7) is 4.52. The molecule has 0 radical (unpaired) electrons. The van der Waals surface area contributed by atoms with Gasteiger partial charge in [-0.25, -0.2) is 0 Å². The number of nitrogens with zero attached hydrogens (tertiary/aromatic N) is 1. The second-order valence-corrected chi connectivity index (χ2v) is 7.93. The summed E-state index contributed by atoms with van der Waals surface area (Å²) in [4.78, 5) is 14.9. The fourth-order valence-corrected chi connectivity index (χ4v) is 3.78. The molecule has 2 aromatic carbocycles. The highest BCUT2D eigenvalue weighted by molar-refractivity contribution is 6.31. The molecule has 4 nitrogen and oxygen atoms in total. The van der Waals surface area contributed by atoms with Crippen LogP contribution >= 0.6 is 23.2 Å². The Morgan fingerprint density at radius 2 is 1.89 bits per heavy atom. The highest BCUT2D eigenvalue weighted by atomic mass is 35.5. The van der Waals surface area contributed by atoms with E-state index in [1.807, 2.05) is 30.3 Å². The molecule has 0 bridgehead atoms. The zero-order valence-electron chi connectivity index (χ0n) is 15.4. The Labute approximate surface area is 169 Å². The maximum Gasteiger partial charge on any atom is 0.256 e. The number of ether oxygens (including phenoxy) is 1. The number of rotatable bonds is 5. The number of aliphatic hydroxyl groups excluding tert-OH is 1. The van der Waals surface area contributed by atoms with E-state index in [0.717, 1.165) is 16.8 Å². The van der Waals surface area contributed by atoms with Crippen LogP contribution in [0.5, 0.6) is 0 Å². The van der Waals surface area contributed by atoms with Crippen molar-refractivity contribution in [3.8, 4) is 0 Å². The van der Waals surface area contributed by atoms with Gasteiger partial charge in [-0.05, 0) is 30.2 Å². The molecule has 1 amide bonds. The summed E-state index contributed by atoms with van der Waals surface area (Å²) in [5.74, 6) is 0.111. The van der Waals surface area contributed by atoms with Gasteiger partial charge < -0.3 is 14.7 Å². The minimum atomic E-state index is -0.763. The zero-order chi connectivity index (χ0) is 19.6. The molecule has 0 aliphatic carbocycles. The van der Waals surface area contributed by atoms with Gasteiger partial charge in [-0.2, -0.15) is 0 Å². The van der Waals surface area contributed by atoms with E-state index in [-0.39, 0.29) is 24.9 Å². The van der Waals surface area contributed by atoms with Crippen molar-refractivity contribution in [3.63, 3.8) is 0 Å². The quantitative estimate of drug-likeness (QED) is 0.769. The number of halogens is 2. The third-order valence-corrected chi connectivity index (χ3v) is 5.11. The van der Waals surface area contributed by atoms with Crippen LogP contribution in [0.1, 0.15) is 37.5 Å². The summed E-state index contributed by atoms with van der Waals surface area (Å²) in [6, 6.07) is 12.9. The molecule has 1 N–H and O–H groups in total. The van der Waals surface area contributed by atoms with E-state index in [4.69, 9.17) is 27.9 Å². The molecule has 6 heteroatoms. The number of carbonyl (C=O) groups excluding carboxylic acids is 1. The molecule has 1 aliphatic heterocycles. The molecule has 1 aliphatic rings. The SMILES string of the molecule is CC(C)CN1C(=O)[C@H](CCO)O[C@@H](c2ccccc2Cl)c2cc(Cl)ccc21. The van der Waals surface area contributed by atoms with Gasteiger partial charge in [0, 0.05) is 46.4 Å². The van der Waals surface area contributed by atoms with E-state index in [1.54, 1.807) is 17.0 Å². The van der Waals surface area contributed by atoms with Gasteiger partial charge in [0.1, 0.15) is 12.2 Å². The summed E-state index contributed by atoms with van der Waals surface area (Å²) in [6.07, 6.45) is -1.10. The van der Waals surface area contributed by atoms with E-state index < -0.39 is 12.2 Å². The Hall–Kier alpha value is -1.59. The highest BCUT2D eigenvalue weighted by Gasteiger charge is 2.37. The van der Waals surface area contributed by atoms with Crippen molar-refractivity contribution in [2.45, 2.75) is 32.5 Å². The van der Waals surface area contributed by atoms with Crippen LogP contribution in [0.25, 0.3) is 0 Å². The van der Waals surface area contributed by atoms with Crippen molar-refractivity contribution in [3.05, 3.63) is 63.6 Å². The number of carbonyl (C=O) groups is 1. The standard InChI is InChI=1S/C21H23Cl2NO3/c1-13(2)12-24-18-8-7-14(22)11-16(18)20(15-5-3-4-6-17(15)23)27-19(9-10-25)21(24)26/h3-8,11,13,19-20,25H,9-10,12H2,1-2H3/t19-,20-/m0/s1. The van der Waals surface area contributed by atoms with Crippen LogP contribution in [0.4, 0.5) is 5.69 Å². The number of benzene rings is 2. The first-order valence-electron chi connectivity index (χ1n) is 9.04. The molecule has 2 atom stereocenters. The van der Waals surface area contributed by atoms with Crippen LogP contribution in [0.15, 0.2) is 42.5 Å².